The topological polar surface area (TPSA) is 26.3 Å². The summed E-state index contributed by atoms with van der Waals surface area (Å²) in [5.41, 5.74) is 2.42. The molecule has 0 atom stereocenters. The fraction of sp³-hybridized carbons (Fsp3) is 0.0455. The van der Waals surface area contributed by atoms with Gasteiger partial charge < -0.3 is 4.74 Å². The summed E-state index contributed by atoms with van der Waals surface area (Å²) in [5, 5.41) is 0. The smallest absolute Gasteiger partial charge is 0.200 e. The molecule has 0 aromatic heterocycles. The van der Waals surface area contributed by atoms with Crippen molar-refractivity contribution in [3.05, 3.63) is 98.6 Å². The van der Waals surface area contributed by atoms with Gasteiger partial charge in [0.2, 0.25) is 5.78 Å². The average Bonchev–Trinajstić information content (AvgIpc) is 2.98. The van der Waals surface area contributed by atoms with E-state index in [0.717, 1.165) is 26.1 Å². The molecule has 0 saturated carbocycles. The van der Waals surface area contributed by atoms with E-state index in [-0.39, 0.29) is 11.6 Å². The number of hydrogen-bond donors (Lipinski definition) is 0. The van der Waals surface area contributed by atoms with Crippen molar-refractivity contribution < 1.29 is 13.9 Å². The van der Waals surface area contributed by atoms with Crippen LogP contribution in [-0.4, -0.2) is 5.78 Å². The lowest BCUT2D eigenvalue weighted by Gasteiger charge is -2.10. The first-order chi connectivity index (χ1) is 13.1. The minimum absolute atomic E-state index is 0.0278. The van der Waals surface area contributed by atoms with Crippen LogP contribution in [0.1, 0.15) is 21.5 Å². The standard InChI is InChI=1S/C22H14BrFO2S/c23-16-7-10-19(26-13-14-5-8-17(24)9-6-14)15(11-16)12-21-22(25)18-3-1-2-4-20(18)27-21/h1-12H,13H2/b21-12+. The van der Waals surface area contributed by atoms with Gasteiger partial charge in [-0.25, -0.2) is 4.39 Å². The van der Waals surface area contributed by atoms with Gasteiger partial charge in [0.25, 0.3) is 0 Å². The average molecular weight is 441 g/mol. The maximum atomic E-state index is 13.0. The van der Waals surface area contributed by atoms with Gasteiger partial charge in [0.05, 0.1) is 4.91 Å². The Morgan fingerprint density at radius 2 is 1.81 bits per heavy atom. The van der Waals surface area contributed by atoms with Gasteiger partial charge >= 0.3 is 0 Å². The second kappa shape index (κ2) is 7.71. The van der Waals surface area contributed by atoms with Gasteiger partial charge in [-0.3, -0.25) is 4.79 Å². The molecule has 3 aromatic carbocycles. The molecule has 1 heterocycles. The van der Waals surface area contributed by atoms with Crippen LogP contribution in [-0.2, 0) is 6.61 Å². The highest BCUT2D eigenvalue weighted by atomic mass is 79.9. The van der Waals surface area contributed by atoms with Gasteiger partial charge in [0.15, 0.2) is 0 Å². The molecule has 1 aliphatic rings. The van der Waals surface area contributed by atoms with E-state index in [4.69, 9.17) is 4.74 Å². The first-order valence-corrected chi connectivity index (χ1v) is 9.91. The zero-order valence-corrected chi connectivity index (χ0v) is 16.5. The first kappa shape index (κ1) is 18.0. The second-order valence-corrected chi connectivity index (χ2v) is 8.03. The molecule has 0 unspecified atom stereocenters. The summed E-state index contributed by atoms with van der Waals surface area (Å²) in [6.45, 7) is 0.319. The van der Waals surface area contributed by atoms with Crippen LogP contribution >= 0.6 is 27.7 Å². The molecular weight excluding hydrogens is 427 g/mol. The molecule has 4 rings (SSSR count). The highest BCUT2D eigenvalue weighted by molar-refractivity contribution is 9.10. The number of hydrogen-bond acceptors (Lipinski definition) is 3. The normalized spacial score (nSPS) is 14.4. The number of fused-ring (bicyclic) bond motifs is 1. The Kier molecular flexibility index (Phi) is 5.14. The Morgan fingerprint density at radius 1 is 1.04 bits per heavy atom. The lowest BCUT2D eigenvalue weighted by Crippen LogP contribution is -1.98. The van der Waals surface area contributed by atoms with E-state index in [1.807, 2.05) is 48.5 Å². The van der Waals surface area contributed by atoms with Crippen LogP contribution in [0.3, 0.4) is 0 Å². The second-order valence-electron chi connectivity index (χ2n) is 6.03. The van der Waals surface area contributed by atoms with Gasteiger partial charge in [-0.05, 0) is 54.1 Å². The van der Waals surface area contributed by atoms with Gasteiger partial charge in [-0.15, -0.1) is 0 Å². The monoisotopic (exact) mass is 440 g/mol. The fourth-order valence-corrected chi connectivity index (χ4v) is 4.20. The van der Waals surface area contributed by atoms with Crippen molar-refractivity contribution in [3.8, 4) is 5.75 Å². The quantitative estimate of drug-likeness (QED) is 0.433. The molecule has 0 fully saturated rings. The van der Waals surface area contributed by atoms with Crippen LogP contribution in [0.15, 0.2) is 81.0 Å². The maximum absolute atomic E-state index is 13.0. The fourth-order valence-electron chi connectivity index (χ4n) is 2.78. The van der Waals surface area contributed by atoms with Crippen molar-refractivity contribution in [2.75, 3.05) is 0 Å². The lowest BCUT2D eigenvalue weighted by atomic mass is 10.1. The summed E-state index contributed by atoms with van der Waals surface area (Å²) in [6.07, 6.45) is 1.86. The van der Waals surface area contributed by atoms with E-state index in [0.29, 0.717) is 17.3 Å². The van der Waals surface area contributed by atoms with E-state index < -0.39 is 0 Å². The number of rotatable bonds is 4. The molecule has 0 spiro atoms. The molecule has 0 aliphatic carbocycles. The van der Waals surface area contributed by atoms with E-state index in [2.05, 4.69) is 15.9 Å². The van der Waals surface area contributed by atoms with E-state index in [9.17, 15) is 9.18 Å². The van der Waals surface area contributed by atoms with Crippen LogP contribution in [0.2, 0.25) is 0 Å². The lowest BCUT2D eigenvalue weighted by molar-refractivity contribution is 0.104. The molecule has 0 amide bonds. The van der Waals surface area contributed by atoms with Crippen molar-refractivity contribution >= 4 is 39.6 Å². The number of halogens is 2. The summed E-state index contributed by atoms with van der Waals surface area (Å²) >= 11 is 4.94. The van der Waals surface area contributed by atoms with Crippen LogP contribution in [0.4, 0.5) is 4.39 Å². The number of Topliss-reactive ketones (excluding diaryl/α,β-unsaturated/α-hetero) is 1. The largest absolute Gasteiger partial charge is 0.488 e. The number of ether oxygens (including phenoxy) is 1. The first-order valence-electron chi connectivity index (χ1n) is 8.30. The Bertz CT molecular complexity index is 1040. The van der Waals surface area contributed by atoms with Gasteiger partial charge in [-0.1, -0.05) is 52.0 Å². The predicted molar refractivity (Wildman–Crippen MR) is 109 cm³/mol. The van der Waals surface area contributed by atoms with Crippen molar-refractivity contribution in [1.29, 1.82) is 0 Å². The Balaban J connectivity index is 1.60. The third-order valence-corrected chi connectivity index (χ3v) is 5.73. The Labute approximate surface area is 169 Å². The number of carbonyl (C=O) groups is 1. The van der Waals surface area contributed by atoms with Crippen LogP contribution in [0.5, 0.6) is 5.75 Å². The molecule has 5 heteroatoms. The summed E-state index contributed by atoms with van der Waals surface area (Å²) in [4.78, 5) is 14.3. The Hall–Kier alpha value is -2.37. The summed E-state index contributed by atoms with van der Waals surface area (Å²) in [6, 6.07) is 19.5. The summed E-state index contributed by atoms with van der Waals surface area (Å²) < 4.78 is 19.9. The third-order valence-electron chi connectivity index (χ3n) is 4.14. The molecule has 3 aromatic rings. The molecule has 0 N–H and O–H groups in total. The number of thioether (sulfide) groups is 1. The molecule has 0 bridgehead atoms. The molecule has 1 aliphatic heterocycles. The molecular formula is C22H14BrFO2S. The molecule has 27 heavy (non-hydrogen) atoms. The van der Waals surface area contributed by atoms with Crippen molar-refractivity contribution in [1.82, 2.24) is 0 Å². The van der Waals surface area contributed by atoms with Crippen molar-refractivity contribution in [2.24, 2.45) is 0 Å². The van der Waals surface area contributed by atoms with Gasteiger partial charge in [-0.2, -0.15) is 0 Å². The van der Waals surface area contributed by atoms with E-state index >= 15 is 0 Å². The number of allylic oxidation sites excluding steroid dienone is 1. The zero-order valence-electron chi connectivity index (χ0n) is 14.1. The minimum Gasteiger partial charge on any atom is -0.488 e. The number of benzene rings is 3. The molecule has 134 valence electrons. The minimum atomic E-state index is -0.274. The molecule has 2 nitrogen and oxygen atoms in total. The molecule has 0 saturated heterocycles. The highest BCUT2D eigenvalue weighted by Gasteiger charge is 2.25. The summed E-state index contributed by atoms with van der Waals surface area (Å²) in [5.74, 6) is 0.420. The maximum Gasteiger partial charge on any atom is 0.200 e. The van der Waals surface area contributed by atoms with Gasteiger partial charge in [0.1, 0.15) is 18.2 Å². The van der Waals surface area contributed by atoms with E-state index in [1.54, 1.807) is 12.1 Å². The third kappa shape index (κ3) is 3.99. The number of ketones is 1. The van der Waals surface area contributed by atoms with E-state index in [1.165, 1.54) is 23.9 Å². The SMILES string of the molecule is O=C1/C(=C\c2cc(Br)ccc2OCc2ccc(F)cc2)Sc2ccccc21. The summed E-state index contributed by atoms with van der Waals surface area (Å²) in [7, 11) is 0. The zero-order chi connectivity index (χ0) is 18.8. The highest BCUT2D eigenvalue weighted by Crippen LogP contribution is 2.41. The predicted octanol–water partition coefficient (Wildman–Crippen LogP) is 6.50. The van der Waals surface area contributed by atoms with Gasteiger partial charge in [0, 0.05) is 20.5 Å². The van der Waals surface area contributed by atoms with Crippen LogP contribution in [0, 0.1) is 5.82 Å². The van der Waals surface area contributed by atoms with Crippen LogP contribution < -0.4 is 4.74 Å². The molecule has 0 radical (unpaired) electrons. The Morgan fingerprint density at radius 3 is 2.59 bits per heavy atom. The number of carbonyl (C=O) groups excluding carboxylic acids is 1. The van der Waals surface area contributed by atoms with Crippen molar-refractivity contribution in [3.63, 3.8) is 0 Å². The van der Waals surface area contributed by atoms with Crippen LogP contribution in [0.25, 0.3) is 6.08 Å². The van der Waals surface area contributed by atoms with Crippen molar-refractivity contribution in [2.45, 2.75) is 11.5 Å².